The topological polar surface area (TPSA) is 55.5 Å². The van der Waals surface area contributed by atoms with Crippen LogP contribution in [-0.4, -0.2) is 34.2 Å². The van der Waals surface area contributed by atoms with Crippen LogP contribution in [0.4, 0.5) is 0 Å². The highest BCUT2D eigenvalue weighted by molar-refractivity contribution is 6.15. The van der Waals surface area contributed by atoms with Gasteiger partial charge in [0.15, 0.2) is 5.76 Å². The molecule has 0 bridgehead atoms. The molecule has 0 spiro atoms. The van der Waals surface area contributed by atoms with E-state index in [0.717, 1.165) is 10.9 Å². The minimum Gasteiger partial charge on any atom is -0.461 e. The van der Waals surface area contributed by atoms with Gasteiger partial charge in [0.25, 0.3) is 0 Å². The molecule has 0 atom stereocenters. The van der Waals surface area contributed by atoms with Gasteiger partial charge in [-0.25, -0.2) is 0 Å². The lowest BCUT2D eigenvalue weighted by Gasteiger charge is -2.19. The Morgan fingerprint density at radius 1 is 1.08 bits per heavy atom. The van der Waals surface area contributed by atoms with Gasteiger partial charge in [0.1, 0.15) is 6.54 Å². The zero-order valence-corrected chi connectivity index (χ0v) is 13.9. The van der Waals surface area contributed by atoms with E-state index in [4.69, 9.17) is 4.42 Å². The fourth-order valence-electron chi connectivity index (χ4n) is 2.92. The number of hydrogen-bond donors (Lipinski definition) is 0. The van der Waals surface area contributed by atoms with E-state index >= 15 is 0 Å². The van der Waals surface area contributed by atoms with Crippen LogP contribution in [0.25, 0.3) is 10.9 Å². The zero-order valence-electron chi connectivity index (χ0n) is 13.9. The fraction of sp³-hybridized carbons (Fsp3) is 0.263. The number of benzene rings is 1. The standard InChI is InChI=1S/C19H20N2O3/c1-3-20(4-2)18(22)13-21-12-15(14-8-5-6-9-16(14)21)19(23)17-10-7-11-24-17/h5-12H,3-4,13H2,1-2H3. The van der Waals surface area contributed by atoms with Gasteiger partial charge < -0.3 is 13.9 Å². The van der Waals surface area contributed by atoms with Crippen LogP contribution in [0.15, 0.2) is 53.3 Å². The summed E-state index contributed by atoms with van der Waals surface area (Å²) in [7, 11) is 0. The first-order valence-corrected chi connectivity index (χ1v) is 8.09. The Labute approximate surface area is 140 Å². The van der Waals surface area contributed by atoms with Crippen LogP contribution in [0, 0.1) is 0 Å². The van der Waals surface area contributed by atoms with Crippen molar-refractivity contribution in [3.8, 4) is 0 Å². The van der Waals surface area contributed by atoms with Gasteiger partial charge in [0, 0.05) is 30.2 Å². The number of amides is 1. The minimum atomic E-state index is -0.176. The highest BCUT2D eigenvalue weighted by Gasteiger charge is 2.20. The average Bonchev–Trinajstić information content (AvgIpc) is 3.24. The number of likely N-dealkylation sites (N-methyl/N-ethyl adjacent to an activating group) is 1. The van der Waals surface area contributed by atoms with Gasteiger partial charge >= 0.3 is 0 Å². The maximum atomic E-state index is 12.7. The molecule has 0 aliphatic heterocycles. The minimum absolute atomic E-state index is 0.0396. The molecule has 24 heavy (non-hydrogen) atoms. The van der Waals surface area contributed by atoms with Crippen molar-refractivity contribution in [1.82, 2.24) is 9.47 Å². The monoisotopic (exact) mass is 324 g/mol. The molecule has 3 rings (SSSR count). The second kappa shape index (κ2) is 6.74. The summed E-state index contributed by atoms with van der Waals surface area (Å²) in [5.74, 6) is 0.163. The lowest BCUT2D eigenvalue weighted by Crippen LogP contribution is -2.33. The fourth-order valence-corrected chi connectivity index (χ4v) is 2.92. The summed E-state index contributed by atoms with van der Waals surface area (Å²) in [6, 6.07) is 10.9. The molecule has 0 unspecified atom stereocenters. The van der Waals surface area contributed by atoms with Crippen LogP contribution in [0.1, 0.15) is 30.0 Å². The Hall–Kier alpha value is -2.82. The molecule has 5 heteroatoms. The molecular weight excluding hydrogens is 304 g/mol. The molecule has 0 radical (unpaired) electrons. The predicted molar refractivity (Wildman–Crippen MR) is 92.0 cm³/mol. The lowest BCUT2D eigenvalue weighted by molar-refractivity contribution is -0.131. The molecule has 1 aromatic carbocycles. The molecule has 1 amide bonds. The zero-order chi connectivity index (χ0) is 17.1. The Morgan fingerprint density at radius 3 is 2.50 bits per heavy atom. The first-order valence-electron chi connectivity index (χ1n) is 8.09. The number of furan rings is 1. The van der Waals surface area contributed by atoms with Crippen molar-refractivity contribution in [3.63, 3.8) is 0 Å². The van der Waals surface area contributed by atoms with Crippen molar-refractivity contribution < 1.29 is 14.0 Å². The number of rotatable bonds is 6. The third kappa shape index (κ3) is 2.85. The second-order valence-corrected chi connectivity index (χ2v) is 5.56. The summed E-state index contributed by atoms with van der Waals surface area (Å²) >= 11 is 0. The Kier molecular flexibility index (Phi) is 4.51. The number of carbonyl (C=O) groups excluding carboxylic acids is 2. The van der Waals surface area contributed by atoms with Crippen LogP contribution < -0.4 is 0 Å². The Morgan fingerprint density at radius 2 is 1.83 bits per heavy atom. The summed E-state index contributed by atoms with van der Waals surface area (Å²) in [5.41, 5.74) is 1.42. The van der Waals surface area contributed by atoms with Gasteiger partial charge in [-0.3, -0.25) is 9.59 Å². The van der Waals surface area contributed by atoms with Gasteiger partial charge in [-0.15, -0.1) is 0 Å². The molecule has 0 aliphatic carbocycles. The molecule has 0 fully saturated rings. The smallest absolute Gasteiger partial charge is 0.242 e. The van der Waals surface area contributed by atoms with Crippen LogP contribution in [-0.2, 0) is 11.3 Å². The van der Waals surface area contributed by atoms with Crippen molar-refractivity contribution in [2.45, 2.75) is 20.4 Å². The first kappa shape index (κ1) is 16.1. The number of ketones is 1. The lowest BCUT2D eigenvalue weighted by atomic mass is 10.1. The molecule has 0 saturated heterocycles. The normalized spacial score (nSPS) is 10.9. The Bertz CT molecular complexity index is 858. The van der Waals surface area contributed by atoms with E-state index in [1.165, 1.54) is 6.26 Å². The number of fused-ring (bicyclic) bond motifs is 1. The van der Waals surface area contributed by atoms with Crippen LogP contribution >= 0.6 is 0 Å². The molecule has 124 valence electrons. The van der Waals surface area contributed by atoms with Crippen molar-refractivity contribution in [2.24, 2.45) is 0 Å². The number of para-hydroxylation sites is 1. The van der Waals surface area contributed by atoms with Gasteiger partial charge in [0.05, 0.1) is 11.8 Å². The number of carbonyl (C=O) groups is 2. The summed E-state index contributed by atoms with van der Waals surface area (Å²) in [6.45, 7) is 5.48. The highest BCUT2D eigenvalue weighted by atomic mass is 16.3. The third-order valence-corrected chi connectivity index (χ3v) is 4.20. The van der Waals surface area contributed by atoms with Crippen LogP contribution in [0.2, 0.25) is 0 Å². The summed E-state index contributed by atoms with van der Waals surface area (Å²) in [4.78, 5) is 26.9. The largest absolute Gasteiger partial charge is 0.461 e. The van der Waals surface area contributed by atoms with Crippen LogP contribution in [0.3, 0.4) is 0 Å². The van der Waals surface area contributed by atoms with Crippen molar-refractivity contribution >= 4 is 22.6 Å². The van der Waals surface area contributed by atoms with Gasteiger partial charge in [-0.2, -0.15) is 0 Å². The van der Waals surface area contributed by atoms with E-state index in [0.29, 0.717) is 24.4 Å². The second-order valence-electron chi connectivity index (χ2n) is 5.56. The maximum absolute atomic E-state index is 12.7. The molecule has 0 saturated carbocycles. The number of nitrogens with zero attached hydrogens (tertiary/aromatic N) is 2. The molecule has 2 aromatic heterocycles. The van der Waals surface area contributed by atoms with E-state index in [-0.39, 0.29) is 18.2 Å². The van der Waals surface area contributed by atoms with Gasteiger partial charge in [0.2, 0.25) is 11.7 Å². The first-order chi connectivity index (χ1) is 11.7. The number of hydrogen-bond acceptors (Lipinski definition) is 3. The average molecular weight is 324 g/mol. The van der Waals surface area contributed by atoms with Crippen molar-refractivity contribution in [2.75, 3.05) is 13.1 Å². The van der Waals surface area contributed by atoms with E-state index in [1.807, 2.05) is 42.7 Å². The van der Waals surface area contributed by atoms with E-state index in [9.17, 15) is 9.59 Å². The van der Waals surface area contributed by atoms with E-state index in [2.05, 4.69) is 0 Å². The molecule has 5 nitrogen and oxygen atoms in total. The summed E-state index contributed by atoms with van der Waals surface area (Å²) in [5, 5.41) is 0.825. The molecular formula is C19H20N2O3. The molecule has 2 heterocycles. The van der Waals surface area contributed by atoms with Crippen molar-refractivity contribution in [3.05, 3.63) is 60.2 Å². The molecule has 3 aromatic rings. The third-order valence-electron chi connectivity index (χ3n) is 4.20. The van der Waals surface area contributed by atoms with Crippen LogP contribution in [0.5, 0.6) is 0 Å². The summed E-state index contributed by atoms with van der Waals surface area (Å²) < 4.78 is 7.07. The Balaban J connectivity index is 2.01. The SMILES string of the molecule is CCN(CC)C(=O)Cn1cc(C(=O)c2ccco2)c2ccccc21. The number of aromatic nitrogens is 1. The van der Waals surface area contributed by atoms with Crippen molar-refractivity contribution in [1.29, 1.82) is 0 Å². The highest BCUT2D eigenvalue weighted by Crippen LogP contribution is 2.24. The predicted octanol–water partition coefficient (Wildman–Crippen LogP) is 3.33. The van der Waals surface area contributed by atoms with Gasteiger partial charge in [-0.05, 0) is 32.0 Å². The summed E-state index contributed by atoms with van der Waals surface area (Å²) in [6.07, 6.45) is 3.23. The van der Waals surface area contributed by atoms with Gasteiger partial charge in [-0.1, -0.05) is 18.2 Å². The van der Waals surface area contributed by atoms with E-state index in [1.54, 1.807) is 23.2 Å². The molecule has 0 N–H and O–H groups in total. The quantitative estimate of drug-likeness (QED) is 0.654. The molecule has 0 aliphatic rings. The maximum Gasteiger partial charge on any atom is 0.242 e. The van der Waals surface area contributed by atoms with E-state index < -0.39 is 0 Å².